The van der Waals surface area contributed by atoms with Gasteiger partial charge in [0.1, 0.15) is 5.82 Å². The number of carboxylic acids is 1. The van der Waals surface area contributed by atoms with Crippen LogP contribution in [0.5, 0.6) is 0 Å². The first-order valence-corrected chi connectivity index (χ1v) is 8.15. The minimum atomic E-state index is -1.59. The van der Waals surface area contributed by atoms with E-state index in [0.29, 0.717) is 23.1 Å². The molecule has 2 rings (SSSR count). The third-order valence-electron chi connectivity index (χ3n) is 3.69. The van der Waals surface area contributed by atoms with Crippen LogP contribution in [0.1, 0.15) is 11.1 Å². The van der Waals surface area contributed by atoms with E-state index in [0.717, 1.165) is 5.56 Å². The zero-order valence-corrected chi connectivity index (χ0v) is 14.5. The molecule has 0 aliphatic heterocycles. The highest BCUT2D eigenvalue weighted by Gasteiger charge is 2.16. The largest absolute Gasteiger partial charge is 0.502 e. The number of halogens is 2. The Balaban J connectivity index is 2.18. The summed E-state index contributed by atoms with van der Waals surface area (Å²) in [5.74, 6) is -3.64. The molecule has 0 saturated heterocycles. The smallest absolute Gasteiger partial charge is 0.371 e. The molecule has 0 aliphatic carbocycles. The highest BCUT2D eigenvalue weighted by atomic mass is 35.5. The molecule has 26 heavy (non-hydrogen) atoms. The molecule has 0 radical (unpaired) electrons. The molecular formula is C19H17ClFNO4. The predicted octanol–water partition coefficient (Wildman–Crippen LogP) is 3.58. The van der Waals surface area contributed by atoms with Gasteiger partial charge in [-0.1, -0.05) is 41.9 Å². The summed E-state index contributed by atoms with van der Waals surface area (Å²) in [7, 11) is 0. The predicted molar refractivity (Wildman–Crippen MR) is 95.3 cm³/mol. The summed E-state index contributed by atoms with van der Waals surface area (Å²) in [6.45, 7) is 0.377. The molecule has 7 heteroatoms. The average Bonchev–Trinajstić information content (AvgIpc) is 2.61. The summed E-state index contributed by atoms with van der Waals surface area (Å²) < 4.78 is 13.0. The van der Waals surface area contributed by atoms with Crippen LogP contribution in [0, 0.1) is 5.82 Å². The summed E-state index contributed by atoms with van der Waals surface area (Å²) in [4.78, 5) is 24.5. The highest BCUT2D eigenvalue weighted by molar-refractivity contribution is 6.31. The summed E-state index contributed by atoms with van der Waals surface area (Å²) in [5.41, 5.74) is 1.50. The Bertz CT molecular complexity index is 821. The molecule has 0 unspecified atom stereocenters. The fraction of sp³-hybridized carbons (Fsp3) is 0.158. The lowest BCUT2D eigenvalue weighted by Gasteiger charge is -2.22. The Morgan fingerprint density at radius 1 is 1.08 bits per heavy atom. The highest BCUT2D eigenvalue weighted by Crippen LogP contribution is 2.18. The zero-order chi connectivity index (χ0) is 19.1. The molecule has 2 N–H and O–H groups in total. The monoisotopic (exact) mass is 377 g/mol. The van der Waals surface area contributed by atoms with E-state index in [4.69, 9.17) is 16.7 Å². The van der Waals surface area contributed by atoms with Crippen LogP contribution < -0.4 is 0 Å². The van der Waals surface area contributed by atoms with Crippen LogP contribution in [0.4, 0.5) is 4.39 Å². The first kappa shape index (κ1) is 19.5. The number of aliphatic hydroxyl groups excluding tert-OH is 1. The maximum absolute atomic E-state index is 13.0. The number of aliphatic carboxylic acids is 1. The van der Waals surface area contributed by atoms with Gasteiger partial charge < -0.3 is 15.1 Å². The summed E-state index contributed by atoms with van der Waals surface area (Å²) >= 11 is 6.13. The lowest BCUT2D eigenvalue weighted by molar-refractivity contribution is -0.136. The van der Waals surface area contributed by atoms with E-state index < -0.39 is 17.6 Å². The van der Waals surface area contributed by atoms with Crippen LogP contribution >= 0.6 is 11.6 Å². The summed E-state index contributed by atoms with van der Waals surface area (Å²) in [5, 5.41) is 18.5. The van der Waals surface area contributed by atoms with Gasteiger partial charge in [0.2, 0.25) is 5.76 Å². The van der Waals surface area contributed by atoms with E-state index >= 15 is 0 Å². The summed E-state index contributed by atoms with van der Waals surface area (Å²) in [6, 6.07) is 12.8. The standard InChI is InChI=1S/C19H17ClFNO4/c20-16-4-2-1-3-14(16)12-22(18(24)11-17(23)19(25)26)10-9-13-5-7-15(21)8-6-13/h1-8,11,23H,9-10,12H2,(H,25,26). The maximum Gasteiger partial charge on any atom is 0.371 e. The molecule has 5 nitrogen and oxygen atoms in total. The van der Waals surface area contributed by atoms with Gasteiger partial charge >= 0.3 is 5.97 Å². The van der Waals surface area contributed by atoms with Gasteiger partial charge in [-0.2, -0.15) is 0 Å². The van der Waals surface area contributed by atoms with Crippen LogP contribution in [0.3, 0.4) is 0 Å². The van der Waals surface area contributed by atoms with Crippen molar-refractivity contribution in [1.29, 1.82) is 0 Å². The number of amides is 1. The SMILES string of the molecule is O=C(O)C(O)=CC(=O)N(CCc1ccc(F)cc1)Cc1ccccc1Cl. The average molecular weight is 378 g/mol. The van der Waals surface area contributed by atoms with Crippen molar-refractivity contribution in [1.82, 2.24) is 4.90 Å². The van der Waals surface area contributed by atoms with E-state index in [2.05, 4.69) is 0 Å². The van der Waals surface area contributed by atoms with Crippen LogP contribution in [-0.4, -0.2) is 33.5 Å². The van der Waals surface area contributed by atoms with E-state index in [1.54, 1.807) is 36.4 Å². The first-order chi connectivity index (χ1) is 12.4. The number of benzene rings is 2. The van der Waals surface area contributed by atoms with E-state index in [9.17, 15) is 19.1 Å². The molecular weight excluding hydrogens is 361 g/mol. The molecule has 1 amide bonds. The van der Waals surface area contributed by atoms with Crippen molar-refractivity contribution in [2.24, 2.45) is 0 Å². The number of nitrogens with zero attached hydrogens (tertiary/aromatic N) is 1. The molecule has 0 fully saturated rings. The molecule has 0 spiro atoms. The van der Waals surface area contributed by atoms with Gasteiger partial charge in [0.15, 0.2) is 0 Å². The van der Waals surface area contributed by atoms with Crippen molar-refractivity contribution in [3.05, 3.63) is 82.3 Å². The number of carboxylic acid groups (broad SMARTS) is 1. The Kier molecular flexibility index (Phi) is 6.74. The van der Waals surface area contributed by atoms with Crippen LogP contribution in [0.15, 0.2) is 60.4 Å². The van der Waals surface area contributed by atoms with Crippen LogP contribution in [0.2, 0.25) is 5.02 Å². The van der Waals surface area contributed by atoms with Crippen molar-refractivity contribution in [2.45, 2.75) is 13.0 Å². The van der Waals surface area contributed by atoms with Crippen molar-refractivity contribution in [2.75, 3.05) is 6.54 Å². The van der Waals surface area contributed by atoms with E-state index in [1.165, 1.54) is 17.0 Å². The van der Waals surface area contributed by atoms with Crippen LogP contribution in [-0.2, 0) is 22.6 Å². The second kappa shape index (κ2) is 9.01. The molecule has 0 aromatic heterocycles. The second-order valence-corrected chi connectivity index (χ2v) is 5.97. The lowest BCUT2D eigenvalue weighted by Crippen LogP contribution is -2.31. The van der Waals surface area contributed by atoms with Crippen molar-refractivity contribution in [3.63, 3.8) is 0 Å². The number of carbonyl (C=O) groups is 2. The van der Waals surface area contributed by atoms with Gasteiger partial charge in [0.25, 0.3) is 5.91 Å². The van der Waals surface area contributed by atoms with Gasteiger partial charge in [-0.3, -0.25) is 4.79 Å². The lowest BCUT2D eigenvalue weighted by atomic mass is 10.1. The van der Waals surface area contributed by atoms with Gasteiger partial charge in [-0.25, -0.2) is 9.18 Å². The van der Waals surface area contributed by atoms with Gasteiger partial charge in [-0.15, -0.1) is 0 Å². The minimum absolute atomic E-state index is 0.142. The number of hydrogen-bond donors (Lipinski definition) is 2. The summed E-state index contributed by atoms with van der Waals surface area (Å²) in [6.07, 6.45) is 1.09. The van der Waals surface area contributed by atoms with Crippen molar-refractivity contribution < 1.29 is 24.2 Å². The quantitative estimate of drug-likeness (QED) is 0.571. The molecule has 0 saturated carbocycles. The number of hydrogen-bond acceptors (Lipinski definition) is 3. The Morgan fingerprint density at radius 3 is 2.35 bits per heavy atom. The Labute approximate surface area is 154 Å². The number of carbonyl (C=O) groups excluding carboxylic acids is 1. The molecule has 136 valence electrons. The fourth-order valence-corrected chi connectivity index (χ4v) is 2.48. The molecule has 0 atom stereocenters. The number of aliphatic hydroxyl groups is 1. The van der Waals surface area contributed by atoms with Crippen LogP contribution in [0.25, 0.3) is 0 Å². The van der Waals surface area contributed by atoms with Crippen molar-refractivity contribution >= 4 is 23.5 Å². The second-order valence-electron chi connectivity index (χ2n) is 5.56. The maximum atomic E-state index is 13.0. The van der Waals surface area contributed by atoms with Crippen molar-refractivity contribution in [3.8, 4) is 0 Å². The molecule has 2 aromatic carbocycles. The molecule has 0 heterocycles. The van der Waals surface area contributed by atoms with E-state index in [1.807, 2.05) is 0 Å². The van der Waals surface area contributed by atoms with Gasteiger partial charge in [0.05, 0.1) is 6.08 Å². The fourth-order valence-electron chi connectivity index (χ4n) is 2.28. The normalized spacial score (nSPS) is 11.2. The molecule has 0 bridgehead atoms. The topological polar surface area (TPSA) is 77.8 Å². The Hall–Kier alpha value is -2.86. The van der Waals surface area contributed by atoms with Gasteiger partial charge in [-0.05, 0) is 35.7 Å². The Morgan fingerprint density at radius 2 is 1.73 bits per heavy atom. The minimum Gasteiger partial charge on any atom is -0.502 e. The third kappa shape index (κ3) is 5.60. The van der Waals surface area contributed by atoms with Gasteiger partial charge in [0, 0.05) is 18.1 Å². The zero-order valence-electron chi connectivity index (χ0n) is 13.7. The number of rotatable bonds is 7. The molecule has 0 aliphatic rings. The third-order valence-corrected chi connectivity index (χ3v) is 4.06. The van der Waals surface area contributed by atoms with E-state index in [-0.39, 0.29) is 18.9 Å². The molecule has 2 aromatic rings. The first-order valence-electron chi connectivity index (χ1n) is 7.77.